The molecule has 5 aliphatic heterocycles. The average molecular weight is 984 g/mol. The number of halogens is 6. The van der Waals surface area contributed by atoms with Crippen molar-refractivity contribution in [2.45, 2.75) is 172 Å². The summed E-state index contributed by atoms with van der Waals surface area (Å²) in [6.45, 7) is 12.4. The fourth-order valence-electron chi connectivity index (χ4n) is 13.1. The van der Waals surface area contributed by atoms with Crippen molar-refractivity contribution in [2.75, 3.05) is 65.5 Å². The quantitative estimate of drug-likeness (QED) is 0.0295. The third-order valence-electron chi connectivity index (χ3n) is 16.7. The normalized spacial score (nSPS) is 39.0. The van der Waals surface area contributed by atoms with Crippen LogP contribution in [0.3, 0.4) is 0 Å². The van der Waals surface area contributed by atoms with Crippen LogP contribution < -0.4 is 21.7 Å². The Morgan fingerprint density at radius 2 is 1.53 bits per heavy atom. The van der Waals surface area contributed by atoms with E-state index in [4.69, 9.17) is 39.0 Å². The number of nitrogens with two attached hydrogens (primary N) is 1. The van der Waals surface area contributed by atoms with Crippen LogP contribution in [-0.2, 0) is 38.1 Å². The lowest BCUT2D eigenvalue weighted by molar-refractivity contribution is -0.494. The Bertz CT molecular complexity index is 1720. The van der Waals surface area contributed by atoms with E-state index in [-0.39, 0.29) is 80.0 Å². The second kappa shape index (κ2) is 22.1. The van der Waals surface area contributed by atoms with Crippen molar-refractivity contribution in [2.24, 2.45) is 53.1 Å². The van der Waals surface area contributed by atoms with Crippen LogP contribution in [0, 0.1) is 47.3 Å². The highest BCUT2D eigenvalue weighted by Crippen LogP contribution is 2.64. The maximum atomic E-state index is 15.5. The Morgan fingerprint density at radius 1 is 0.824 bits per heavy atom. The van der Waals surface area contributed by atoms with Crippen LogP contribution in [0.4, 0.5) is 26.3 Å². The Labute approximate surface area is 398 Å². The third kappa shape index (κ3) is 11.3. The Kier molecular flexibility index (Phi) is 17.5. The SMILES string of the molecule is C[C@@H]1CC[C@@H]2C3[C@@H](OC(C)(OO)CC[C@H]31)O[C@@](OCCCCN(CC(=O)NCCCNCCCCNCCCN)CC1=C(C(F)(F)F)OC3O[C@@]4(C)CC[C@H]5[C@H](C)CC[C@@H]1[C@@]35O4)(C(F)(F)F)[C@@H]2C. The fraction of sp³-hybridized carbons (Fsp3) is 0.938. The summed E-state index contributed by atoms with van der Waals surface area (Å²) in [7, 11) is 0. The minimum absolute atomic E-state index is 0.000558. The summed E-state index contributed by atoms with van der Waals surface area (Å²) in [5.41, 5.74) is 4.40. The van der Waals surface area contributed by atoms with Gasteiger partial charge in [-0.15, -0.1) is 0 Å². The van der Waals surface area contributed by atoms with Gasteiger partial charge >= 0.3 is 12.4 Å². The van der Waals surface area contributed by atoms with E-state index in [1.165, 1.54) is 13.8 Å². The molecular weight excluding hydrogens is 905 g/mol. The summed E-state index contributed by atoms with van der Waals surface area (Å²) < 4.78 is 128. The number of hydrogen-bond acceptors (Lipinski definition) is 13. The number of amides is 1. The summed E-state index contributed by atoms with van der Waals surface area (Å²) in [5, 5.41) is 19.4. The van der Waals surface area contributed by atoms with Gasteiger partial charge in [-0.2, -0.15) is 26.3 Å². The molecule has 3 unspecified atom stereocenters. The summed E-state index contributed by atoms with van der Waals surface area (Å²) in [6.07, 6.45) is -4.20. The van der Waals surface area contributed by atoms with Gasteiger partial charge in [-0.3, -0.25) is 9.69 Å². The number of fused-ring (bicyclic) bond motifs is 1. The zero-order chi connectivity index (χ0) is 49.1. The molecule has 14 nitrogen and oxygen atoms in total. The monoisotopic (exact) mass is 984 g/mol. The van der Waals surface area contributed by atoms with Crippen molar-refractivity contribution in [1.29, 1.82) is 0 Å². The first-order chi connectivity index (χ1) is 32.2. The van der Waals surface area contributed by atoms with E-state index >= 15 is 26.3 Å². The molecule has 6 fully saturated rings. The maximum Gasteiger partial charge on any atom is 0.449 e. The zero-order valence-electron chi connectivity index (χ0n) is 40.7. The van der Waals surface area contributed by atoms with E-state index in [2.05, 4.69) is 29.8 Å². The van der Waals surface area contributed by atoms with Crippen molar-refractivity contribution >= 4 is 5.91 Å². The van der Waals surface area contributed by atoms with Crippen molar-refractivity contribution in [3.05, 3.63) is 11.3 Å². The largest absolute Gasteiger partial charge is 0.456 e. The molecule has 7 aliphatic rings. The van der Waals surface area contributed by atoms with Crippen molar-refractivity contribution in [3.8, 4) is 0 Å². The molecule has 2 bridgehead atoms. The molecular formula is C48H79F6N5O9. The predicted octanol–water partition coefficient (Wildman–Crippen LogP) is 7.58. The molecule has 14 atom stereocenters. The number of carbonyl (C=O) groups excluding carboxylic acids is 1. The highest BCUT2D eigenvalue weighted by molar-refractivity contribution is 5.78. The van der Waals surface area contributed by atoms with Crippen molar-refractivity contribution in [1.82, 2.24) is 20.9 Å². The van der Waals surface area contributed by atoms with Gasteiger partial charge in [0.05, 0.1) is 13.2 Å². The lowest BCUT2D eigenvalue weighted by Crippen LogP contribution is -2.66. The van der Waals surface area contributed by atoms with E-state index in [1.54, 1.807) is 11.8 Å². The van der Waals surface area contributed by atoms with Crippen LogP contribution in [0.5, 0.6) is 0 Å². The van der Waals surface area contributed by atoms with Gasteiger partial charge in [0.2, 0.25) is 23.7 Å². The number of allylic oxidation sites excluding steroid dienone is 1. The molecule has 2 saturated carbocycles. The number of rotatable bonds is 23. The third-order valence-corrected chi connectivity index (χ3v) is 16.7. The first kappa shape index (κ1) is 53.9. The maximum absolute atomic E-state index is 15.5. The number of unbranched alkanes of at least 4 members (excludes halogenated alkanes) is 2. The molecule has 0 aromatic heterocycles. The molecule has 2 aliphatic carbocycles. The molecule has 392 valence electrons. The molecule has 7 rings (SSSR count). The Balaban J connectivity index is 1.04. The number of ether oxygens (including phenoxy) is 6. The lowest BCUT2D eigenvalue weighted by atomic mass is 9.58. The molecule has 5 heterocycles. The molecule has 20 heteroatoms. The van der Waals surface area contributed by atoms with E-state index in [0.717, 1.165) is 45.3 Å². The topological polar surface area (TPSA) is 167 Å². The predicted molar refractivity (Wildman–Crippen MR) is 238 cm³/mol. The molecule has 0 aromatic rings. The van der Waals surface area contributed by atoms with Gasteiger partial charge in [-0.05, 0) is 159 Å². The first-order valence-electron chi connectivity index (χ1n) is 25.5. The van der Waals surface area contributed by atoms with Crippen LogP contribution in [-0.4, -0.2) is 129 Å². The number of alkyl halides is 6. The molecule has 1 spiro atoms. The van der Waals surface area contributed by atoms with Crippen molar-refractivity contribution in [3.63, 3.8) is 0 Å². The van der Waals surface area contributed by atoms with Gasteiger partial charge in [0.25, 0.3) is 5.79 Å². The van der Waals surface area contributed by atoms with Crippen LogP contribution >= 0.6 is 0 Å². The summed E-state index contributed by atoms with van der Waals surface area (Å²) in [6, 6.07) is 0. The fourth-order valence-corrected chi connectivity index (χ4v) is 13.1. The molecule has 0 aromatic carbocycles. The number of nitrogens with one attached hydrogen (secondary N) is 3. The van der Waals surface area contributed by atoms with Gasteiger partial charge < -0.3 is 50.1 Å². The molecule has 4 saturated heterocycles. The average Bonchev–Trinajstić information content (AvgIpc) is 3.39. The minimum Gasteiger partial charge on any atom is -0.456 e. The van der Waals surface area contributed by atoms with Crippen molar-refractivity contribution < 1.29 is 69.7 Å². The van der Waals surface area contributed by atoms with Gasteiger partial charge in [0, 0.05) is 43.7 Å². The van der Waals surface area contributed by atoms with Gasteiger partial charge in [0.1, 0.15) is 5.60 Å². The summed E-state index contributed by atoms with van der Waals surface area (Å²) in [5.74, 6) is -9.60. The summed E-state index contributed by atoms with van der Waals surface area (Å²) in [4.78, 5) is 19.9. The van der Waals surface area contributed by atoms with Crippen LogP contribution in [0.15, 0.2) is 11.3 Å². The van der Waals surface area contributed by atoms with E-state index in [0.29, 0.717) is 64.6 Å². The Hall–Kier alpha value is -1.85. The van der Waals surface area contributed by atoms with Gasteiger partial charge in [-0.25, -0.2) is 10.1 Å². The molecule has 1 amide bonds. The number of nitrogens with zero attached hydrogens (tertiary/aromatic N) is 1. The smallest absolute Gasteiger partial charge is 0.449 e. The number of carbonyl (C=O) groups is 1. The highest BCUT2D eigenvalue weighted by Gasteiger charge is 2.73. The minimum atomic E-state index is -4.97. The standard InChI is InChI=1S/C48H79F6N5O9/c1-30-12-14-34-32(3)46(48(52,53)54,65-41-39(34)33(30)16-18-44(5,64-41)68-61)62-27-9-8-26-59(29-38(60)58-25-11-24-57-22-7-6-21-56-23-10-20-55)28-35-37-15-13-31(2)36-17-19-43(4)66-42(45(36,37)67-43)63-40(35)47(49,50)51/h30-34,36-37,39,41-42,56-57,61H,6-29,55H2,1-5H3,(H,58,60)/t30-,31-,32-,33+,34+,36+,37+,39?,41+,42?,43-,44?,45-,46-/m1/s1. The zero-order valence-corrected chi connectivity index (χ0v) is 40.7. The second-order valence-corrected chi connectivity index (χ2v) is 21.4. The van der Waals surface area contributed by atoms with Crippen LogP contribution in [0.2, 0.25) is 0 Å². The van der Waals surface area contributed by atoms with Gasteiger partial charge in [-0.1, -0.05) is 27.2 Å². The second-order valence-electron chi connectivity index (χ2n) is 21.4. The van der Waals surface area contributed by atoms with E-state index < -0.39 is 78.0 Å². The van der Waals surface area contributed by atoms with Crippen LogP contribution in [0.25, 0.3) is 0 Å². The molecule has 0 radical (unpaired) electrons. The number of hydrogen-bond donors (Lipinski definition) is 5. The lowest BCUT2D eigenvalue weighted by Gasteiger charge is -2.56. The first-order valence-corrected chi connectivity index (χ1v) is 25.5. The summed E-state index contributed by atoms with van der Waals surface area (Å²) >= 11 is 0. The highest BCUT2D eigenvalue weighted by atomic mass is 19.4. The van der Waals surface area contributed by atoms with E-state index in [9.17, 15) is 10.1 Å². The van der Waals surface area contributed by atoms with E-state index in [1.807, 2.05) is 0 Å². The molecule has 6 N–H and O–H groups in total. The van der Waals surface area contributed by atoms with Crippen LogP contribution in [0.1, 0.15) is 125 Å². The molecule has 68 heavy (non-hydrogen) atoms. The van der Waals surface area contributed by atoms with Gasteiger partial charge in [0.15, 0.2) is 12.1 Å². The Morgan fingerprint density at radius 3 is 2.22 bits per heavy atom.